The molecule has 0 aliphatic carbocycles. The fourth-order valence-corrected chi connectivity index (χ4v) is 1.43. The lowest BCUT2D eigenvalue weighted by Crippen LogP contribution is -2.05. The Labute approximate surface area is 81.4 Å². The van der Waals surface area contributed by atoms with Crippen molar-refractivity contribution in [1.29, 1.82) is 0 Å². The first-order chi connectivity index (χ1) is 6.90. The molecule has 1 aromatic rings. The molecule has 2 saturated heterocycles. The highest BCUT2D eigenvalue weighted by Gasteiger charge is 2.26. The van der Waals surface area contributed by atoms with Crippen LogP contribution >= 0.6 is 0 Å². The van der Waals surface area contributed by atoms with Crippen LogP contribution in [0, 0.1) is 0 Å². The van der Waals surface area contributed by atoms with Gasteiger partial charge in [-0.1, -0.05) is 0 Å². The number of nitrogens with zero attached hydrogens (tertiary/aromatic N) is 3. The molecule has 0 aromatic carbocycles. The number of hydrogen-bond acceptors (Lipinski definition) is 5. The van der Waals surface area contributed by atoms with Crippen molar-refractivity contribution in [2.75, 3.05) is 13.2 Å². The number of ether oxygens (including phenoxy) is 2. The summed E-state index contributed by atoms with van der Waals surface area (Å²) in [7, 11) is 0. The SMILES string of the molecule is c1c(CC2CO2)nnnc1CC1CO1. The van der Waals surface area contributed by atoms with E-state index in [0.29, 0.717) is 12.2 Å². The third kappa shape index (κ3) is 2.05. The fraction of sp³-hybridized carbons (Fsp3) is 0.667. The molecule has 2 unspecified atom stereocenters. The van der Waals surface area contributed by atoms with Crippen molar-refractivity contribution in [3.8, 4) is 0 Å². The van der Waals surface area contributed by atoms with E-state index in [9.17, 15) is 0 Å². The average molecular weight is 193 g/mol. The Morgan fingerprint density at radius 3 is 2.00 bits per heavy atom. The first-order valence-corrected chi connectivity index (χ1v) is 4.81. The minimum absolute atomic E-state index is 0.358. The quantitative estimate of drug-likeness (QED) is 0.617. The first kappa shape index (κ1) is 8.26. The topological polar surface area (TPSA) is 63.7 Å². The lowest BCUT2D eigenvalue weighted by molar-refractivity contribution is 0.402. The molecule has 0 radical (unpaired) electrons. The molecular formula is C9H11N3O2. The summed E-state index contributed by atoms with van der Waals surface area (Å²) in [4.78, 5) is 0. The van der Waals surface area contributed by atoms with Crippen LogP contribution in [0.5, 0.6) is 0 Å². The van der Waals surface area contributed by atoms with Gasteiger partial charge in [0.15, 0.2) is 0 Å². The predicted octanol–water partition coefficient (Wildman–Crippen LogP) is -0.246. The minimum atomic E-state index is 0.358. The van der Waals surface area contributed by atoms with Gasteiger partial charge in [-0.25, -0.2) is 0 Å². The highest BCUT2D eigenvalue weighted by atomic mass is 16.6. The molecule has 2 atom stereocenters. The van der Waals surface area contributed by atoms with Crippen LogP contribution in [0.25, 0.3) is 0 Å². The average Bonchev–Trinajstić information content (AvgIpc) is 3.00. The fourth-order valence-electron chi connectivity index (χ4n) is 1.43. The van der Waals surface area contributed by atoms with Gasteiger partial charge in [0, 0.05) is 12.8 Å². The van der Waals surface area contributed by atoms with E-state index in [1.54, 1.807) is 0 Å². The second kappa shape index (κ2) is 3.25. The van der Waals surface area contributed by atoms with Crippen LogP contribution in [0.15, 0.2) is 6.07 Å². The van der Waals surface area contributed by atoms with E-state index in [0.717, 1.165) is 37.4 Å². The Hall–Kier alpha value is -1.07. The minimum Gasteiger partial charge on any atom is -0.373 e. The number of aromatic nitrogens is 3. The summed E-state index contributed by atoms with van der Waals surface area (Å²) in [6.45, 7) is 1.70. The molecule has 0 N–H and O–H groups in total. The maximum atomic E-state index is 5.13. The van der Waals surface area contributed by atoms with Crippen molar-refractivity contribution in [2.24, 2.45) is 0 Å². The van der Waals surface area contributed by atoms with Gasteiger partial charge in [0.2, 0.25) is 0 Å². The van der Waals surface area contributed by atoms with Gasteiger partial charge < -0.3 is 9.47 Å². The number of rotatable bonds is 4. The van der Waals surface area contributed by atoms with Crippen LogP contribution in [-0.2, 0) is 22.3 Å². The monoisotopic (exact) mass is 193 g/mol. The molecule has 14 heavy (non-hydrogen) atoms. The number of epoxide rings is 2. The van der Waals surface area contributed by atoms with Crippen LogP contribution in [-0.4, -0.2) is 40.8 Å². The molecule has 2 aliphatic rings. The molecule has 2 aliphatic heterocycles. The van der Waals surface area contributed by atoms with Gasteiger partial charge in [-0.3, -0.25) is 0 Å². The second-order valence-electron chi connectivity index (χ2n) is 3.74. The van der Waals surface area contributed by atoms with E-state index in [1.165, 1.54) is 0 Å². The van der Waals surface area contributed by atoms with Crippen LogP contribution in [0.3, 0.4) is 0 Å². The molecule has 0 bridgehead atoms. The summed E-state index contributed by atoms with van der Waals surface area (Å²) < 4.78 is 10.3. The predicted molar refractivity (Wildman–Crippen MR) is 46.7 cm³/mol. The summed E-state index contributed by atoms with van der Waals surface area (Å²) in [6.07, 6.45) is 2.43. The van der Waals surface area contributed by atoms with E-state index in [2.05, 4.69) is 15.4 Å². The summed E-state index contributed by atoms with van der Waals surface area (Å²) in [5.41, 5.74) is 1.94. The summed E-state index contributed by atoms with van der Waals surface area (Å²) in [5.74, 6) is 0. The van der Waals surface area contributed by atoms with Gasteiger partial charge in [-0.05, 0) is 11.3 Å². The van der Waals surface area contributed by atoms with Gasteiger partial charge in [0.1, 0.15) is 0 Å². The zero-order valence-electron chi connectivity index (χ0n) is 7.72. The van der Waals surface area contributed by atoms with Gasteiger partial charge in [0.25, 0.3) is 0 Å². The zero-order chi connectivity index (χ0) is 9.38. The Morgan fingerprint density at radius 2 is 1.57 bits per heavy atom. The van der Waals surface area contributed by atoms with Crippen molar-refractivity contribution in [2.45, 2.75) is 25.0 Å². The molecule has 0 spiro atoms. The smallest absolute Gasteiger partial charge is 0.0865 e. The zero-order valence-corrected chi connectivity index (χ0v) is 7.72. The third-order valence-electron chi connectivity index (χ3n) is 2.36. The lowest BCUT2D eigenvalue weighted by atomic mass is 10.2. The summed E-state index contributed by atoms with van der Waals surface area (Å²) in [5, 5.41) is 11.7. The van der Waals surface area contributed by atoms with E-state index in [1.807, 2.05) is 6.07 Å². The molecular weight excluding hydrogens is 182 g/mol. The van der Waals surface area contributed by atoms with Crippen LogP contribution in [0.2, 0.25) is 0 Å². The molecule has 0 saturated carbocycles. The maximum Gasteiger partial charge on any atom is 0.0865 e. The van der Waals surface area contributed by atoms with Gasteiger partial charge in [-0.2, -0.15) is 0 Å². The Morgan fingerprint density at radius 1 is 1.07 bits per heavy atom. The first-order valence-electron chi connectivity index (χ1n) is 4.81. The van der Waals surface area contributed by atoms with Gasteiger partial charge >= 0.3 is 0 Å². The highest BCUT2D eigenvalue weighted by Crippen LogP contribution is 2.17. The van der Waals surface area contributed by atoms with Crippen molar-refractivity contribution in [3.05, 3.63) is 17.5 Å². The molecule has 2 fully saturated rings. The van der Waals surface area contributed by atoms with Crippen molar-refractivity contribution < 1.29 is 9.47 Å². The standard InChI is InChI=1S/C9H11N3O2/c1-6(2-8-4-13-8)10-12-11-7(1)3-9-5-14-9/h1,8-9H,2-5H2. The molecule has 5 nitrogen and oxygen atoms in total. The third-order valence-corrected chi connectivity index (χ3v) is 2.36. The molecule has 3 heterocycles. The van der Waals surface area contributed by atoms with Crippen molar-refractivity contribution >= 4 is 0 Å². The normalized spacial score (nSPS) is 28.9. The molecule has 74 valence electrons. The summed E-state index contributed by atoms with van der Waals surface area (Å²) >= 11 is 0. The van der Waals surface area contributed by atoms with Crippen molar-refractivity contribution in [1.82, 2.24) is 15.4 Å². The number of hydrogen-bond donors (Lipinski definition) is 0. The van der Waals surface area contributed by atoms with E-state index in [4.69, 9.17) is 9.47 Å². The highest BCUT2D eigenvalue weighted by molar-refractivity contribution is 5.09. The van der Waals surface area contributed by atoms with Crippen LogP contribution in [0.4, 0.5) is 0 Å². The second-order valence-corrected chi connectivity index (χ2v) is 3.74. The summed E-state index contributed by atoms with van der Waals surface area (Å²) in [6, 6.07) is 2.00. The molecule has 0 amide bonds. The van der Waals surface area contributed by atoms with Gasteiger partial charge in [-0.15, -0.1) is 10.2 Å². The Kier molecular flexibility index (Phi) is 1.92. The largest absolute Gasteiger partial charge is 0.373 e. The van der Waals surface area contributed by atoms with Gasteiger partial charge in [0.05, 0.1) is 36.8 Å². The van der Waals surface area contributed by atoms with Crippen LogP contribution < -0.4 is 0 Å². The molecule has 1 aromatic heterocycles. The molecule has 5 heteroatoms. The maximum absolute atomic E-state index is 5.13. The van der Waals surface area contributed by atoms with E-state index in [-0.39, 0.29) is 0 Å². The Bertz CT molecular complexity index is 307. The van der Waals surface area contributed by atoms with Crippen molar-refractivity contribution in [3.63, 3.8) is 0 Å². The van der Waals surface area contributed by atoms with Crippen LogP contribution in [0.1, 0.15) is 11.4 Å². The van der Waals surface area contributed by atoms with E-state index >= 15 is 0 Å². The van der Waals surface area contributed by atoms with E-state index < -0.39 is 0 Å². The lowest BCUT2D eigenvalue weighted by Gasteiger charge is -1.98. The Balaban J connectivity index is 1.68. The molecule has 3 rings (SSSR count).